The number of ether oxygens (including phenoxy) is 1. The standard InChI is InChI=1S/C17H17N5O8S2/c1-7(24)30-3-8-4-31-15-11(14(26)22(15)12(8)16(27)28)20-13(25)10(21-29-2)9-5-32-17(19-9)18-6-23/h5-6,11,15H,3-4H2,1-2H3,(H,20,25)(H,27,28)(H,18,19,23). The van der Waals surface area contributed by atoms with Crippen LogP contribution in [0, 0.1) is 0 Å². The van der Waals surface area contributed by atoms with E-state index in [2.05, 4.69) is 20.8 Å². The van der Waals surface area contributed by atoms with E-state index < -0.39 is 35.2 Å². The molecule has 0 saturated carbocycles. The molecule has 2 aliphatic heterocycles. The smallest absolute Gasteiger partial charge is 0.352 e. The van der Waals surface area contributed by atoms with Crippen molar-refractivity contribution in [1.82, 2.24) is 15.2 Å². The van der Waals surface area contributed by atoms with Gasteiger partial charge in [-0.05, 0) is 0 Å². The van der Waals surface area contributed by atoms with Gasteiger partial charge in [-0.15, -0.1) is 23.1 Å². The highest BCUT2D eigenvalue weighted by molar-refractivity contribution is 8.00. The van der Waals surface area contributed by atoms with E-state index in [1.807, 2.05) is 0 Å². The number of esters is 1. The summed E-state index contributed by atoms with van der Waals surface area (Å²) in [7, 11) is 1.23. The summed E-state index contributed by atoms with van der Waals surface area (Å²) in [6, 6.07) is -1.01. The van der Waals surface area contributed by atoms with E-state index in [0.717, 1.165) is 16.2 Å². The highest BCUT2D eigenvalue weighted by atomic mass is 32.2. The number of aromatic nitrogens is 1. The number of thiazole rings is 1. The summed E-state index contributed by atoms with van der Waals surface area (Å²) < 4.78 is 4.88. The van der Waals surface area contributed by atoms with E-state index >= 15 is 0 Å². The summed E-state index contributed by atoms with van der Waals surface area (Å²) in [5, 5.41) is 19.1. The van der Waals surface area contributed by atoms with E-state index in [1.54, 1.807) is 0 Å². The third-order valence-corrected chi connectivity index (χ3v) is 6.43. The van der Waals surface area contributed by atoms with Crippen LogP contribution in [0.2, 0.25) is 0 Å². The Kier molecular flexibility index (Phi) is 7.09. The summed E-state index contributed by atoms with van der Waals surface area (Å²) in [4.78, 5) is 68.6. The molecule has 0 aliphatic carbocycles. The zero-order chi connectivity index (χ0) is 23.4. The van der Waals surface area contributed by atoms with Crippen LogP contribution in [0.25, 0.3) is 0 Å². The first kappa shape index (κ1) is 23.2. The van der Waals surface area contributed by atoms with Gasteiger partial charge in [0, 0.05) is 23.6 Å². The molecule has 2 aliphatic rings. The molecule has 1 saturated heterocycles. The average Bonchev–Trinajstić information content (AvgIpc) is 3.21. The predicted octanol–water partition coefficient (Wildman–Crippen LogP) is -0.636. The molecule has 15 heteroatoms. The van der Waals surface area contributed by atoms with Gasteiger partial charge in [0.25, 0.3) is 11.8 Å². The molecule has 0 aromatic carbocycles. The summed E-state index contributed by atoms with van der Waals surface area (Å²) >= 11 is 2.28. The van der Waals surface area contributed by atoms with Gasteiger partial charge in [-0.1, -0.05) is 5.16 Å². The molecule has 1 aromatic rings. The molecule has 1 aromatic heterocycles. The Morgan fingerprint density at radius 3 is 2.81 bits per heavy atom. The maximum absolute atomic E-state index is 12.8. The minimum absolute atomic E-state index is 0.119. The molecule has 13 nitrogen and oxygen atoms in total. The number of nitrogens with one attached hydrogen (secondary N) is 2. The van der Waals surface area contributed by atoms with Crippen LogP contribution in [0.15, 0.2) is 21.8 Å². The lowest BCUT2D eigenvalue weighted by Gasteiger charge is -2.49. The lowest BCUT2D eigenvalue weighted by molar-refractivity contribution is -0.150. The fraction of sp³-hybridized carbons (Fsp3) is 0.353. The summed E-state index contributed by atoms with van der Waals surface area (Å²) in [5.74, 6) is -3.11. The highest BCUT2D eigenvalue weighted by Gasteiger charge is 2.54. The van der Waals surface area contributed by atoms with Gasteiger partial charge >= 0.3 is 11.9 Å². The number of carboxylic acid groups (broad SMARTS) is 1. The number of carbonyl (C=O) groups is 5. The molecule has 2 unspecified atom stereocenters. The van der Waals surface area contributed by atoms with Crippen LogP contribution < -0.4 is 10.6 Å². The maximum Gasteiger partial charge on any atom is 0.352 e. The van der Waals surface area contributed by atoms with Crippen LogP contribution in [0.3, 0.4) is 0 Å². The predicted molar refractivity (Wildman–Crippen MR) is 112 cm³/mol. The van der Waals surface area contributed by atoms with E-state index in [-0.39, 0.29) is 40.2 Å². The molecule has 170 valence electrons. The topological polar surface area (TPSA) is 177 Å². The van der Waals surface area contributed by atoms with Gasteiger partial charge in [0.05, 0.1) is 0 Å². The normalized spacial score (nSPS) is 20.1. The van der Waals surface area contributed by atoms with Crippen molar-refractivity contribution in [3.05, 3.63) is 22.3 Å². The number of anilines is 1. The van der Waals surface area contributed by atoms with Crippen molar-refractivity contribution >= 4 is 64.1 Å². The first-order valence-corrected chi connectivity index (χ1v) is 10.8. The molecule has 0 spiro atoms. The molecule has 3 heterocycles. The van der Waals surface area contributed by atoms with Crippen LogP contribution in [0.5, 0.6) is 0 Å². The molecule has 3 N–H and O–H groups in total. The number of carboxylic acids is 1. The second-order valence-corrected chi connectivity index (χ2v) is 8.28. The monoisotopic (exact) mass is 483 g/mol. The Balaban J connectivity index is 1.76. The quantitative estimate of drug-likeness (QED) is 0.135. The fourth-order valence-electron chi connectivity index (χ4n) is 2.99. The average molecular weight is 483 g/mol. The van der Waals surface area contributed by atoms with Crippen LogP contribution in [-0.4, -0.2) is 81.8 Å². The largest absolute Gasteiger partial charge is 0.477 e. The Morgan fingerprint density at radius 2 is 2.19 bits per heavy atom. The molecule has 2 atom stereocenters. The van der Waals surface area contributed by atoms with Crippen molar-refractivity contribution in [2.45, 2.75) is 18.3 Å². The summed E-state index contributed by atoms with van der Waals surface area (Å²) in [6.07, 6.45) is 0.432. The number of fused-ring (bicyclic) bond motifs is 1. The molecule has 0 radical (unpaired) electrons. The van der Waals surface area contributed by atoms with Gasteiger partial charge in [-0.3, -0.25) is 24.1 Å². The summed E-state index contributed by atoms with van der Waals surface area (Å²) in [5.41, 5.74) is -0.0838. The number of aliphatic carboxylic acids is 1. The van der Waals surface area contributed by atoms with Gasteiger partial charge in [-0.25, -0.2) is 9.78 Å². The second kappa shape index (κ2) is 9.78. The zero-order valence-corrected chi connectivity index (χ0v) is 18.3. The number of hydrogen-bond acceptors (Lipinski definition) is 11. The number of β-lactam (4-membered cyclic amide) rings is 1. The molecular weight excluding hydrogens is 466 g/mol. The third kappa shape index (κ3) is 4.57. The minimum Gasteiger partial charge on any atom is -0.477 e. The Labute approximate surface area is 188 Å². The van der Waals surface area contributed by atoms with Crippen LogP contribution in [-0.2, 0) is 33.5 Å². The van der Waals surface area contributed by atoms with Crippen molar-refractivity contribution < 1.29 is 38.7 Å². The van der Waals surface area contributed by atoms with E-state index in [4.69, 9.17) is 9.57 Å². The first-order valence-electron chi connectivity index (χ1n) is 8.90. The summed E-state index contributed by atoms with van der Waals surface area (Å²) in [6.45, 7) is 0.947. The highest BCUT2D eigenvalue weighted by Crippen LogP contribution is 2.40. The fourth-order valence-corrected chi connectivity index (χ4v) is 4.97. The Morgan fingerprint density at radius 1 is 1.44 bits per heavy atom. The molecular formula is C17H17N5O8S2. The van der Waals surface area contributed by atoms with Crippen molar-refractivity contribution in [3.8, 4) is 0 Å². The molecule has 1 fully saturated rings. The number of thioether (sulfide) groups is 1. The van der Waals surface area contributed by atoms with E-state index in [9.17, 15) is 29.1 Å². The number of hydrogen-bond donors (Lipinski definition) is 3. The zero-order valence-electron chi connectivity index (χ0n) is 16.7. The second-order valence-electron chi connectivity index (χ2n) is 6.32. The number of amides is 3. The molecule has 0 bridgehead atoms. The van der Waals surface area contributed by atoms with E-state index in [1.165, 1.54) is 31.2 Å². The molecule has 3 amide bonds. The maximum atomic E-state index is 12.8. The van der Waals surface area contributed by atoms with Crippen LogP contribution in [0.4, 0.5) is 5.13 Å². The van der Waals surface area contributed by atoms with E-state index in [0.29, 0.717) is 6.41 Å². The van der Waals surface area contributed by atoms with Gasteiger partial charge in [-0.2, -0.15) is 0 Å². The number of carbonyl (C=O) groups excluding carboxylic acids is 4. The number of rotatable bonds is 9. The number of oxime groups is 1. The minimum atomic E-state index is -1.34. The van der Waals surface area contributed by atoms with Gasteiger partial charge in [0.2, 0.25) is 6.41 Å². The molecule has 3 rings (SSSR count). The van der Waals surface area contributed by atoms with Crippen molar-refractivity contribution in [2.24, 2.45) is 5.16 Å². The number of nitrogens with zero attached hydrogens (tertiary/aromatic N) is 3. The van der Waals surface area contributed by atoms with Crippen LogP contribution >= 0.6 is 23.1 Å². The van der Waals surface area contributed by atoms with Gasteiger partial charge in [0.15, 0.2) is 10.8 Å². The van der Waals surface area contributed by atoms with Crippen LogP contribution in [0.1, 0.15) is 12.6 Å². The van der Waals surface area contributed by atoms with Crippen molar-refractivity contribution in [1.29, 1.82) is 0 Å². The lowest BCUT2D eigenvalue weighted by atomic mass is 10.0. The Bertz CT molecular complexity index is 1040. The Hall–Kier alpha value is -3.46. The van der Waals surface area contributed by atoms with Gasteiger partial charge < -0.3 is 25.3 Å². The third-order valence-electron chi connectivity index (χ3n) is 4.31. The molecule has 32 heavy (non-hydrogen) atoms. The first-order chi connectivity index (χ1) is 15.3. The SMILES string of the molecule is CON=C(C(=O)NC1C(=O)N2C(C(=O)O)=C(COC(C)=O)CSC12)c1csc(NC=O)n1. The lowest BCUT2D eigenvalue weighted by Crippen LogP contribution is -2.71. The van der Waals surface area contributed by atoms with Gasteiger partial charge in [0.1, 0.15) is 36.5 Å². The van der Waals surface area contributed by atoms with Crippen molar-refractivity contribution in [2.75, 3.05) is 24.8 Å². The van der Waals surface area contributed by atoms with Crippen molar-refractivity contribution in [3.63, 3.8) is 0 Å².